The molecular formula is C16H15BrO3. The summed E-state index contributed by atoms with van der Waals surface area (Å²) in [5.74, 6) is 1.44. The third kappa shape index (κ3) is 2.67. The predicted octanol–water partition coefficient (Wildman–Crippen LogP) is 3.69. The number of halogens is 1. The Morgan fingerprint density at radius 1 is 1.00 bits per heavy atom. The van der Waals surface area contributed by atoms with E-state index in [0.29, 0.717) is 19.0 Å². The maximum atomic E-state index is 10.5. The molecule has 1 heterocycles. The first-order valence-electron chi connectivity index (χ1n) is 6.58. The Kier molecular flexibility index (Phi) is 3.94. The lowest BCUT2D eigenvalue weighted by atomic mass is 10.0. The molecule has 1 aliphatic heterocycles. The van der Waals surface area contributed by atoms with Crippen molar-refractivity contribution in [3.8, 4) is 11.5 Å². The number of hydrogen-bond acceptors (Lipinski definition) is 3. The second-order valence-electron chi connectivity index (χ2n) is 4.68. The summed E-state index contributed by atoms with van der Waals surface area (Å²) in [6, 6.07) is 13.2. The highest BCUT2D eigenvalue weighted by atomic mass is 79.9. The lowest BCUT2D eigenvalue weighted by Gasteiger charge is -2.15. The largest absolute Gasteiger partial charge is 0.490 e. The van der Waals surface area contributed by atoms with E-state index in [4.69, 9.17) is 9.47 Å². The summed E-state index contributed by atoms with van der Waals surface area (Å²) < 4.78 is 12.1. The van der Waals surface area contributed by atoms with E-state index in [2.05, 4.69) is 15.9 Å². The summed E-state index contributed by atoms with van der Waals surface area (Å²) in [5, 5.41) is 10.5. The quantitative estimate of drug-likeness (QED) is 0.910. The fraction of sp³-hybridized carbons (Fsp3) is 0.250. The molecule has 3 nitrogen and oxygen atoms in total. The van der Waals surface area contributed by atoms with Crippen molar-refractivity contribution in [2.45, 2.75) is 12.5 Å². The molecule has 3 rings (SSSR count). The number of hydrogen-bond donors (Lipinski definition) is 1. The molecule has 0 spiro atoms. The molecule has 20 heavy (non-hydrogen) atoms. The van der Waals surface area contributed by atoms with Gasteiger partial charge in [0.1, 0.15) is 6.10 Å². The molecule has 0 aliphatic carbocycles. The van der Waals surface area contributed by atoms with Crippen LogP contribution < -0.4 is 9.47 Å². The van der Waals surface area contributed by atoms with Crippen LogP contribution in [0.2, 0.25) is 0 Å². The van der Waals surface area contributed by atoms with Crippen LogP contribution >= 0.6 is 15.9 Å². The Balaban J connectivity index is 1.94. The first kappa shape index (κ1) is 13.5. The Hall–Kier alpha value is -1.52. The van der Waals surface area contributed by atoms with E-state index in [1.165, 1.54) is 0 Å². The summed E-state index contributed by atoms with van der Waals surface area (Å²) in [7, 11) is 0. The second-order valence-corrected chi connectivity index (χ2v) is 5.54. The molecular weight excluding hydrogens is 320 g/mol. The fourth-order valence-corrected chi connectivity index (χ4v) is 2.73. The van der Waals surface area contributed by atoms with Gasteiger partial charge >= 0.3 is 0 Å². The van der Waals surface area contributed by atoms with Crippen LogP contribution in [0.5, 0.6) is 11.5 Å². The minimum absolute atomic E-state index is 0.640. The molecule has 0 fully saturated rings. The van der Waals surface area contributed by atoms with Crippen LogP contribution in [-0.4, -0.2) is 18.3 Å². The van der Waals surface area contributed by atoms with Gasteiger partial charge in [0, 0.05) is 10.9 Å². The maximum Gasteiger partial charge on any atom is 0.161 e. The second kappa shape index (κ2) is 5.85. The third-order valence-electron chi connectivity index (χ3n) is 3.29. The van der Waals surface area contributed by atoms with Crippen molar-refractivity contribution in [1.29, 1.82) is 0 Å². The molecule has 0 amide bonds. The summed E-state index contributed by atoms with van der Waals surface area (Å²) in [4.78, 5) is 0. The number of benzene rings is 2. The van der Waals surface area contributed by atoms with Gasteiger partial charge in [0.25, 0.3) is 0 Å². The minimum Gasteiger partial charge on any atom is -0.490 e. The highest BCUT2D eigenvalue weighted by Crippen LogP contribution is 2.35. The van der Waals surface area contributed by atoms with Crippen molar-refractivity contribution in [2.75, 3.05) is 13.2 Å². The molecule has 1 N–H and O–H groups in total. The first-order valence-corrected chi connectivity index (χ1v) is 7.37. The van der Waals surface area contributed by atoms with Crippen LogP contribution in [0, 0.1) is 0 Å². The molecule has 1 atom stereocenters. The molecule has 2 aromatic carbocycles. The first-order chi connectivity index (χ1) is 9.75. The van der Waals surface area contributed by atoms with Gasteiger partial charge in [-0.1, -0.05) is 40.2 Å². The van der Waals surface area contributed by atoms with Gasteiger partial charge in [-0.25, -0.2) is 0 Å². The van der Waals surface area contributed by atoms with Crippen LogP contribution in [0.1, 0.15) is 23.7 Å². The lowest BCUT2D eigenvalue weighted by Crippen LogP contribution is -2.01. The topological polar surface area (TPSA) is 38.7 Å². The smallest absolute Gasteiger partial charge is 0.161 e. The zero-order valence-electron chi connectivity index (χ0n) is 10.9. The summed E-state index contributed by atoms with van der Waals surface area (Å²) >= 11 is 3.47. The zero-order valence-corrected chi connectivity index (χ0v) is 12.5. The Bertz CT molecular complexity index is 612. The van der Waals surface area contributed by atoms with Crippen LogP contribution in [0.15, 0.2) is 46.9 Å². The Morgan fingerprint density at radius 2 is 1.75 bits per heavy atom. The number of rotatable bonds is 2. The molecule has 4 heteroatoms. The normalized spacial score (nSPS) is 15.5. The molecule has 0 saturated heterocycles. The van der Waals surface area contributed by atoms with Gasteiger partial charge in [0.05, 0.1) is 13.2 Å². The average molecular weight is 335 g/mol. The van der Waals surface area contributed by atoms with Crippen LogP contribution in [-0.2, 0) is 0 Å². The average Bonchev–Trinajstić information content (AvgIpc) is 2.71. The van der Waals surface area contributed by atoms with Gasteiger partial charge in [-0.15, -0.1) is 0 Å². The monoisotopic (exact) mass is 334 g/mol. The van der Waals surface area contributed by atoms with Crippen molar-refractivity contribution in [2.24, 2.45) is 0 Å². The maximum absolute atomic E-state index is 10.5. The van der Waals surface area contributed by atoms with E-state index in [9.17, 15) is 5.11 Å². The number of aliphatic hydroxyl groups excluding tert-OH is 1. The van der Waals surface area contributed by atoms with Crippen molar-refractivity contribution < 1.29 is 14.6 Å². The Labute approximate surface area is 126 Å². The van der Waals surface area contributed by atoms with E-state index in [0.717, 1.165) is 27.8 Å². The van der Waals surface area contributed by atoms with Crippen molar-refractivity contribution >= 4 is 15.9 Å². The van der Waals surface area contributed by atoms with Crippen LogP contribution in [0.4, 0.5) is 0 Å². The third-order valence-corrected chi connectivity index (χ3v) is 4.01. The van der Waals surface area contributed by atoms with Crippen LogP contribution in [0.25, 0.3) is 0 Å². The van der Waals surface area contributed by atoms with E-state index in [1.54, 1.807) is 0 Å². The van der Waals surface area contributed by atoms with E-state index in [-0.39, 0.29) is 0 Å². The highest BCUT2D eigenvalue weighted by molar-refractivity contribution is 9.10. The summed E-state index contributed by atoms with van der Waals surface area (Å²) in [5.41, 5.74) is 1.63. The summed E-state index contributed by atoms with van der Waals surface area (Å²) in [6.07, 6.45) is 0.180. The predicted molar refractivity (Wildman–Crippen MR) is 80.3 cm³/mol. The van der Waals surface area contributed by atoms with Gasteiger partial charge in [-0.05, 0) is 29.3 Å². The van der Waals surface area contributed by atoms with Crippen molar-refractivity contribution in [1.82, 2.24) is 0 Å². The lowest BCUT2D eigenvalue weighted by molar-refractivity contribution is 0.218. The van der Waals surface area contributed by atoms with E-state index < -0.39 is 6.10 Å². The molecule has 1 aliphatic rings. The van der Waals surface area contributed by atoms with E-state index >= 15 is 0 Å². The molecule has 0 saturated carbocycles. The van der Waals surface area contributed by atoms with Gasteiger partial charge in [-0.2, -0.15) is 0 Å². The van der Waals surface area contributed by atoms with Gasteiger partial charge in [0.15, 0.2) is 11.5 Å². The molecule has 0 bridgehead atoms. The number of aliphatic hydroxyl groups is 1. The fourth-order valence-electron chi connectivity index (χ4n) is 2.23. The molecule has 104 valence electrons. The van der Waals surface area contributed by atoms with Crippen molar-refractivity contribution in [3.05, 3.63) is 58.1 Å². The van der Waals surface area contributed by atoms with Gasteiger partial charge in [-0.3, -0.25) is 0 Å². The molecule has 2 aromatic rings. The molecule has 1 unspecified atom stereocenters. The zero-order chi connectivity index (χ0) is 13.9. The standard InChI is InChI=1S/C16H15BrO3/c17-13-5-2-1-4-12(13)16(18)11-6-7-14-15(10-11)20-9-3-8-19-14/h1-2,4-7,10,16,18H,3,8-9H2. The van der Waals surface area contributed by atoms with Gasteiger partial charge in [0.2, 0.25) is 0 Å². The minimum atomic E-state index is -0.692. The van der Waals surface area contributed by atoms with E-state index in [1.807, 2.05) is 42.5 Å². The number of ether oxygens (including phenoxy) is 2. The molecule has 0 aromatic heterocycles. The van der Waals surface area contributed by atoms with Gasteiger partial charge < -0.3 is 14.6 Å². The molecule has 0 radical (unpaired) electrons. The van der Waals surface area contributed by atoms with Crippen LogP contribution in [0.3, 0.4) is 0 Å². The Morgan fingerprint density at radius 3 is 2.55 bits per heavy atom. The SMILES string of the molecule is OC(c1ccc2c(c1)OCCCO2)c1ccccc1Br. The highest BCUT2D eigenvalue weighted by Gasteiger charge is 2.17. The summed E-state index contributed by atoms with van der Waals surface area (Å²) in [6.45, 7) is 1.31. The van der Waals surface area contributed by atoms with Crippen molar-refractivity contribution in [3.63, 3.8) is 0 Å². The number of fused-ring (bicyclic) bond motifs is 1.